The van der Waals surface area contributed by atoms with E-state index in [9.17, 15) is 0 Å². The topological polar surface area (TPSA) is 9.23 Å². The maximum atomic E-state index is 5.50. The first-order valence-corrected chi connectivity index (χ1v) is 7.86. The Morgan fingerprint density at radius 3 is 1.73 bits per heavy atom. The SMILES string of the molecule is C=C(C[SiH](C(C)(C)C)C(C)(C)C)OCC. The predicted octanol–water partition coefficient (Wildman–Crippen LogP) is 4.36. The van der Waals surface area contributed by atoms with E-state index in [1.807, 2.05) is 6.92 Å². The Bertz CT molecular complexity index is 194. The van der Waals surface area contributed by atoms with E-state index in [1.165, 1.54) is 0 Å². The molecule has 2 heteroatoms. The van der Waals surface area contributed by atoms with Gasteiger partial charge in [0.15, 0.2) is 0 Å². The molecule has 0 aliphatic carbocycles. The van der Waals surface area contributed by atoms with Crippen LogP contribution in [-0.2, 0) is 4.74 Å². The number of hydrogen-bond acceptors (Lipinski definition) is 1. The van der Waals surface area contributed by atoms with Crippen LogP contribution in [0.25, 0.3) is 0 Å². The van der Waals surface area contributed by atoms with Gasteiger partial charge in [0.25, 0.3) is 0 Å². The molecule has 0 aromatic heterocycles. The molecule has 0 atom stereocenters. The van der Waals surface area contributed by atoms with Gasteiger partial charge in [0.1, 0.15) is 0 Å². The summed E-state index contributed by atoms with van der Waals surface area (Å²) in [5, 5.41) is 0.858. The highest BCUT2D eigenvalue weighted by Gasteiger charge is 2.36. The summed E-state index contributed by atoms with van der Waals surface area (Å²) in [4.78, 5) is 0. The van der Waals surface area contributed by atoms with Crippen molar-refractivity contribution in [3.05, 3.63) is 12.3 Å². The molecule has 0 unspecified atom stereocenters. The van der Waals surface area contributed by atoms with Crippen LogP contribution in [0, 0.1) is 0 Å². The largest absolute Gasteiger partial charge is 0.499 e. The van der Waals surface area contributed by atoms with Gasteiger partial charge >= 0.3 is 0 Å². The van der Waals surface area contributed by atoms with E-state index < -0.39 is 8.80 Å². The molecule has 0 saturated heterocycles. The molecule has 0 saturated carbocycles. The van der Waals surface area contributed by atoms with Crippen molar-refractivity contribution in [3.8, 4) is 0 Å². The van der Waals surface area contributed by atoms with Crippen molar-refractivity contribution in [1.82, 2.24) is 0 Å². The number of rotatable bonds is 4. The zero-order valence-corrected chi connectivity index (χ0v) is 12.8. The summed E-state index contributed by atoms with van der Waals surface area (Å²) in [5.74, 6) is 0.985. The minimum Gasteiger partial charge on any atom is -0.499 e. The number of ether oxygens (including phenoxy) is 1. The van der Waals surface area contributed by atoms with Gasteiger partial charge in [-0.15, -0.1) is 0 Å². The van der Waals surface area contributed by atoms with Gasteiger partial charge in [-0.25, -0.2) is 0 Å². The van der Waals surface area contributed by atoms with Gasteiger partial charge in [-0.1, -0.05) is 48.1 Å². The maximum Gasteiger partial charge on any atom is 0.0859 e. The second-order valence-corrected chi connectivity index (χ2v) is 11.4. The third-order valence-corrected chi connectivity index (χ3v) is 7.92. The molecule has 0 rings (SSSR count). The van der Waals surface area contributed by atoms with E-state index in [0.29, 0.717) is 10.1 Å². The van der Waals surface area contributed by atoms with Gasteiger partial charge in [0.05, 0.1) is 21.2 Å². The molecule has 1 nitrogen and oxygen atoms in total. The normalized spacial score (nSPS) is 13.1. The number of hydrogen-bond donors (Lipinski definition) is 0. The lowest BCUT2D eigenvalue weighted by molar-refractivity contribution is 0.231. The van der Waals surface area contributed by atoms with Gasteiger partial charge in [-0.05, 0) is 23.0 Å². The van der Waals surface area contributed by atoms with Gasteiger partial charge in [-0.2, -0.15) is 0 Å². The van der Waals surface area contributed by atoms with E-state index in [4.69, 9.17) is 4.74 Å². The lowest BCUT2D eigenvalue weighted by Gasteiger charge is -2.39. The lowest BCUT2D eigenvalue weighted by atomic mass is 10.2. The fraction of sp³-hybridized carbons (Fsp3) is 0.846. The summed E-state index contributed by atoms with van der Waals surface area (Å²) in [6.45, 7) is 20.9. The minimum absolute atomic E-state index is 0.429. The monoisotopic (exact) mass is 228 g/mol. The molecule has 90 valence electrons. The molecule has 0 fully saturated rings. The van der Waals surface area contributed by atoms with Crippen LogP contribution in [-0.4, -0.2) is 15.4 Å². The zero-order chi connectivity index (χ0) is 12.3. The van der Waals surface area contributed by atoms with Crippen LogP contribution < -0.4 is 0 Å². The third kappa shape index (κ3) is 5.40. The van der Waals surface area contributed by atoms with Crippen molar-refractivity contribution >= 4 is 8.80 Å². The molecule has 0 radical (unpaired) electrons. The quantitative estimate of drug-likeness (QED) is 0.513. The van der Waals surface area contributed by atoms with Crippen molar-refractivity contribution in [2.24, 2.45) is 0 Å². The summed E-state index contributed by atoms with van der Waals surface area (Å²) in [5.41, 5.74) is 0. The molecule has 0 N–H and O–H groups in total. The Labute approximate surface area is 97.5 Å². The standard InChI is InChI=1S/C13H28OSi/c1-9-14-11(2)10-15(12(3,4)5)13(6,7)8/h15H,2,9-10H2,1,3-8H3. The molecule has 0 aromatic carbocycles. The van der Waals surface area contributed by atoms with Gasteiger partial charge < -0.3 is 4.74 Å². The van der Waals surface area contributed by atoms with Crippen LogP contribution in [0.1, 0.15) is 48.5 Å². The van der Waals surface area contributed by atoms with Gasteiger partial charge in [-0.3, -0.25) is 0 Å². The summed E-state index contributed by atoms with van der Waals surface area (Å²) < 4.78 is 5.50. The average Bonchev–Trinajstić information content (AvgIpc) is 1.96. The van der Waals surface area contributed by atoms with Crippen molar-refractivity contribution in [2.75, 3.05) is 6.61 Å². The Morgan fingerprint density at radius 1 is 1.07 bits per heavy atom. The maximum absolute atomic E-state index is 5.50. The first-order valence-electron chi connectivity index (χ1n) is 5.89. The van der Waals surface area contributed by atoms with Crippen molar-refractivity contribution in [1.29, 1.82) is 0 Å². The predicted molar refractivity (Wildman–Crippen MR) is 72.2 cm³/mol. The Morgan fingerprint density at radius 2 is 1.47 bits per heavy atom. The first-order chi connectivity index (χ1) is 6.59. The average molecular weight is 228 g/mol. The zero-order valence-electron chi connectivity index (χ0n) is 11.6. The Hall–Kier alpha value is -0.243. The molecule has 0 heterocycles. The summed E-state index contributed by atoms with van der Waals surface area (Å²) in [7, 11) is -0.924. The fourth-order valence-corrected chi connectivity index (χ4v) is 6.80. The van der Waals surface area contributed by atoms with Crippen LogP contribution in [0.3, 0.4) is 0 Å². The lowest BCUT2D eigenvalue weighted by Crippen LogP contribution is -2.35. The summed E-state index contributed by atoms with van der Waals surface area (Å²) >= 11 is 0. The van der Waals surface area contributed by atoms with Crippen LogP contribution >= 0.6 is 0 Å². The third-order valence-electron chi connectivity index (χ3n) is 2.87. The van der Waals surface area contributed by atoms with Crippen LogP contribution in [0.2, 0.25) is 16.1 Å². The molecule has 15 heavy (non-hydrogen) atoms. The Kier molecular flexibility index (Phi) is 5.11. The van der Waals surface area contributed by atoms with E-state index in [1.54, 1.807) is 0 Å². The van der Waals surface area contributed by atoms with Crippen LogP contribution in [0.15, 0.2) is 12.3 Å². The van der Waals surface area contributed by atoms with Gasteiger partial charge in [0.2, 0.25) is 0 Å². The van der Waals surface area contributed by atoms with Crippen LogP contribution in [0.5, 0.6) is 0 Å². The smallest absolute Gasteiger partial charge is 0.0859 e. The molecular formula is C13H28OSi. The molecular weight excluding hydrogens is 200 g/mol. The summed E-state index contributed by atoms with van der Waals surface area (Å²) in [6.07, 6.45) is 0. The van der Waals surface area contributed by atoms with Gasteiger partial charge in [0, 0.05) is 0 Å². The summed E-state index contributed by atoms with van der Waals surface area (Å²) in [6, 6.07) is 1.10. The molecule has 0 amide bonds. The first kappa shape index (κ1) is 14.8. The van der Waals surface area contributed by atoms with E-state index >= 15 is 0 Å². The van der Waals surface area contributed by atoms with Crippen molar-refractivity contribution in [2.45, 2.75) is 64.6 Å². The highest BCUT2D eigenvalue weighted by Crippen LogP contribution is 2.44. The van der Waals surface area contributed by atoms with E-state index in [2.05, 4.69) is 48.1 Å². The molecule has 0 spiro atoms. The molecule has 0 aromatic rings. The molecule has 0 aliphatic heterocycles. The second kappa shape index (κ2) is 5.20. The van der Waals surface area contributed by atoms with Crippen molar-refractivity contribution < 1.29 is 4.74 Å². The highest BCUT2D eigenvalue weighted by atomic mass is 28.3. The molecule has 0 aliphatic rings. The number of allylic oxidation sites excluding steroid dienone is 1. The molecule has 0 bridgehead atoms. The Balaban J connectivity index is 4.62. The van der Waals surface area contributed by atoms with Crippen molar-refractivity contribution in [3.63, 3.8) is 0 Å². The fourth-order valence-electron chi connectivity index (χ4n) is 2.40. The van der Waals surface area contributed by atoms with E-state index in [0.717, 1.165) is 18.4 Å². The second-order valence-electron chi connectivity index (χ2n) is 6.46. The highest BCUT2D eigenvalue weighted by molar-refractivity contribution is 6.65. The van der Waals surface area contributed by atoms with E-state index in [-0.39, 0.29) is 0 Å². The van der Waals surface area contributed by atoms with Crippen LogP contribution in [0.4, 0.5) is 0 Å². The minimum atomic E-state index is -0.924.